The van der Waals surface area contributed by atoms with Crippen molar-refractivity contribution in [2.75, 3.05) is 0 Å². The molecule has 0 heterocycles. The minimum absolute atomic E-state index is 0.0741. The number of ketones is 1. The van der Waals surface area contributed by atoms with Crippen LogP contribution in [-0.2, 0) is 4.79 Å². The molecule has 0 aromatic heterocycles. The van der Waals surface area contributed by atoms with Gasteiger partial charge in [-0.25, -0.2) is 0 Å². The standard InChI is InChI=1S/C9H4N2O/c1-6-2-3-9(12)8(5-11)7(6)4-10/h2-3H,1H2. The predicted octanol–water partition coefficient (Wildman–Crippen LogP) is 1.03. The fourth-order valence-electron chi connectivity index (χ4n) is 0.865. The molecule has 0 bridgehead atoms. The lowest BCUT2D eigenvalue weighted by molar-refractivity contribution is -0.111. The molecule has 1 aliphatic rings. The highest BCUT2D eigenvalue weighted by molar-refractivity contribution is 6.10. The van der Waals surface area contributed by atoms with Gasteiger partial charge >= 0.3 is 0 Å². The Bertz CT molecular complexity index is 361. The Morgan fingerprint density at radius 2 is 1.75 bits per heavy atom. The number of nitrogens with zero attached hydrogens (tertiary/aromatic N) is 2. The Kier molecular flexibility index (Phi) is 1.90. The highest BCUT2D eigenvalue weighted by Crippen LogP contribution is 2.19. The molecule has 0 radical (unpaired) electrons. The molecule has 0 aromatic rings. The van der Waals surface area contributed by atoms with E-state index in [1.54, 1.807) is 12.1 Å². The van der Waals surface area contributed by atoms with Crippen LogP contribution in [0.15, 0.2) is 35.5 Å². The van der Waals surface area contributed by atoms with Crippen LogP contribution in [0, 0.1) is 22.7 Å². The van der Waals surface area contributed by atoms with E-state index in [-0.39, 0.29) is 11.1 Å². The topological polar surface area (TPSA) is 64.7 Å². The van der Waals surface area contributed by atoms with Gasteiger partial charge in [-0.3, -0.25) is 4.79 Å². The average Bonchev–Trinajstić information content (AvgIpc) is 2.08. The zero-order chi connectivity index (χ0) is 9.14. The summed E-state index contributed by atoms with van der Waals surface area (Å²) in [5.74, 6) is -0.429. The second-order valence-corrected chi connectivity index (χ2v) is 2.20. The van der Waals surface area contributed by atoms with Crippen LogP contribution in [0.2, 0.25) is 0 Å². The van der Waals surface area contributed by atoms with Crippen LogP contribution in [0.1, 0.15) is 0 Å². The van der Waals surface area contributed by atoms with E-state index in [1.807, 2.05) is 0 Å². The van der Waals surface area contributed by atoms with Crippen molar-refractivity contribution in [2.45, 2.75) is 0 Å². The molecule has 0 atom stereocenters. The van der Waals surface area contributed by atoms with Gasteiger partial charge in [0.2, 0.25) is 0 Å². The summed E-state index contributed by atoms with van der Waals surface area (Å²) < 4.78 is 0. The Morgan fingerprint density at radius 3 is 2.17 bits per heavy atom. The van der Waals surface area contributed by atoms with Crippen LogP contribution >= 0.6 is 0 Å². The number of nitriles is 2. The maximum absolute atomic E-state index is 11.0. The van der Waals surface area contributed by atoms with Crippen molar-refractivity contribution in [2.24, 2.45) is 0 Å². The number of rotatable bonds is 0. The molecule has 0 fully saturated rings. The molecular weight excluding hydrogens is 152 g/mol. The van der Waals surface area contributed by atoms with Crippen LogP contribution in [-0.4, -0.2) is 5.78 Å². The van der Waals surface area contributed by atoms with E-state index in [1.165, 1.54) is 12.2 Å². The largest absolute Gasteiger partial charge is 0.288 e. The smallest absolute Gasteiger partial charge is 0.197 e. The first kappa shape index (κ1) is 7.97. The lowest BCUT2D eigenvalue weighted by atomic mass is 9.94. The minimum Gasteiger partial charge on any atom is -0.288 e. The average molecular weight is 156 g/mol. The van der Waals surface area contributed by atoms with Crippen LogP contribution in [0.5, 0.6) is 0 Å². The Morgan fingerprint density at radius 1 is 1.17 bits per heavy atom. The molecular formula is C9H4N2O. The minimum atomic E-state index is -0.429. The van der Waals surface area contributed by atoms with Crippen molar-refractivity contribution in [3.63, 3.8) is 0 Å². The number of allylic oxidation sites excluding steroid dienone is 5. The van der Waals surface area contributed by atoms with Gasteiger partial charge in [-0.1, -0.05) is 12.7 Å². The van der Waals surface area contributed by atoms with Gasteiger partial charge in [0, 0.05) is 0 Å². The second kappa shape index (κ2) is 2.86. The quantitative estimate of drug-likeness (QED) is 0.526. The highest BCUT2D eigenvalue weighted by Gasteiger charge is 2.18. The molecule has 0 N–H and O–H groups in total. The van der Waals surface area contributed by atoms with Crippen LogP contribution in [0.4, 0.5) is 0 Å². The van der Waals surface area contributed by atoms with Crippen molar-refractivity contribution in [3.05, 3.63) is 35.5 Å². The summed E-state index contributed by atoms with van der Waals surface area (Å²) in [6, 6.07) is 3.45. The molecule has 0 aliphatic heterocycles. The summed E-state index contributed by atoms with van der Waals surface area (Å²) in [7, 11) is 0. The normalized spacial score (nSPS) is 15.8. The molecule has 56 valence electrons. The lowest BCUT2D eigenvalue weighted by Gasteiger charge is -2.04. The summed E-state index contributed by atoms with van der Waals surface area (Å²) in [6.45, 7) is 3.53. The molecule has 3 heteroatoms. The Hall–Kier alpha value is -2.13. The van der Waals surface area contributed by atoms with E-state index in [4.69, 9.17) is 10.5 Å². The van der Waals surface area contributed by atoms with Gasteiger partial charge in [-0.05, 0) is 11.6 Å². The van der Waals surface area contributed by atoms with Gasteiger partial charge in [0.1, 0.15) is 17.7 Å². The lowest BCUT2D eigenvalue weighted by Crippen LogP contribution is -2.05. The van der Waals surface area contributed by atoms with Crippen molar-refractivity contribution in [3.8, 4) is 12.1 Å². The molecule has 0 unspecified atom stereocenters. The molecule has 0 saturated carbocycles. The summed E-state index contributed by atoms with van der Waals surface area (Å²) in [5.41, 5.74) is 0.364. The van der Waals surface area contributed by atoms with Crippen molar-refractivity contribution in [1.29, 1.82) is 10.5 Å². The molecule has 0 saturated heterocycles. The number of carbonyl (C=O) groups excluding carboxylic acids is 1. The Balaban J connectivity index is 3.35. The first-order chi connectivity index (χ1) is 5.70. The van der Waals surface area contributed by atoms with E-state index in [0.29, 0.717) is 5.57 Å². The van der Waals surface area contributed by atoms with Gasteiger partial charge in [-0.15, -0.1) is 0 Å². The molecule has 0 amide bonds. The van der Waals surface area contributed by atoms with E-state index in [0.717, 1.165) is 0 Å². The van der Waals surface area contributed by atoms with Crippen molar-refractivity contribution in [1.82, 2.24) is 0 Å². The van der Waals surface area contributed by atoms with E-state index in [2.05, 4.69) is 6.58 Å². The third-order valence-electron chi connectivity index (χ3n) is 1.48. The van der Waals surface area contributed by atoms with Gasteiger partial charge in [0.25, 0.3) is 0 Å². The van der Waals surface area contributed by atoms with Gasteiger partial charge in [-0.2, -0.15) is 10.5 Å². The zero-order valence-electron chi connectivity index (χ0n) is 6.16. The SMILES string of the molecule is C=C1C=CC(=O)C(C#N)=C1C#N. The second-order valence-electron chi connectivity index (χ2n) is 2.20. The van der Waals surface area contributed by atoms with Crippen LogP contribution in [0.3, 0.4) is 0 Å². The van der Waals surface area contributed by atoms with Gasteiger partial charge < -0.3 is 0 Å². The molecule has 12 heavy (non-hydrogen) atoms. The third-order valence-corrected chi connectivity index (χ3v) is 1.48. The summed E-state index contributed by atoms with van der Waals surface area (Å²) in [5, 5.41) is 17.1. The first-order valence-corrected chi connectivity index (χ1v) is 3.17. The van der Waals surface area contributed by atoms with Crippen LogP contribution < -0.4 is 0 Å². The maximum atomic E-state index is 11.0. The predicted molar refractivity (Wildman–Crippen MR) is 41.5 cm³/mol. The van der Waals surface area contributed by atoms with E-state index >= 15 is 0 Å². The van der Waals surface area contributed by atoms with E-state index in [9.17, 15) is 4.79 Å². The number of carbonyl (C=O) groups is 1. The van der Waals surface area contributed by atoms with Crippen molar-refractivity contribution >= 4 is 5.78 Å². The summed E-state index contributed by atoms with van der Waals surface area (Å²) in [4.78, 5) is 11.0. The fraction of sp³-hybridized carbons (Fsp3) is 0. The molecule has 0 aromatic carbocycles. The highest BCUT2D eigenvalue weighted by atomic mass is 16.1. The summed E-state index contributed by atoms with van der Waals surface area (Å²) in [6.07, 6.45) is 2.67. The third kappa shape index (κ3) is 1.04. The molecule has 1 rings (SSSR count). The van der Waals surface area contributed by atoms with Gasteiger partial charge in [0.15, 0.2) is 5.78 Å². The van der Waals surface area contributed by atoms with Crippen LogP contribution in [0.25, 0.3) is 0 Å². The maximum Gasteiger partial charge on any atom is 0.197 e. The monoisotopic (exact) mass is 156 g/mol. The zero-order valence-corrected chi connectivity index (χ0v) is 6.16. The van der Waals surface area contributed by atoms with Gasteiger partial charge in [0.05, 0.1) is 5.57 Å². The Labute approximate surface area is 69.5 Å². The van der Waals surface area contributed by atoms with Crippen molar-refractivity contribution < 1.29 is 4.79 Å². The molecule has 0 spiro atoms. The molecule has 3 nitrogen and oxygen atoms in total. The fourth-order valence-corrected chi connectivity index (χ4v) is 0.865. The first-order valence-electron chi connectivity index (χ1n) is 3.17. The number of hydrogen-bond acceptors (Lipinski definition) is 3. The summed E-state index contributed by atoms with van der Waals surface area (Å²) >= 11 is 0. The van der Waals surface area contributed by atoms with E-state index < -0.39 is 5.78 Å². The molecule has 1 aliphatic carbocycles. The number of hydrogen-bond donors (Lipinski definition) is 0.